The molecule has 0 aliphatic rings. The van der Waals surface area contributed by atoms with Crippen LogP contribution in [0.25, 0.3) is 0 Å². The van der Waals surface area contributed by atoms with E-state index in [2.05, 4.69) is 42.2 Å². The van der Waals surface area contributed by atoms with Crippen molar-refractivity contribution >= 4 is 41.4 Å². The largest absolute Gasteiger partial charge is 0.481 e. The molecule has 0 aliphatic carbocycles. The number of hydrogen-bond acceptors (Lipinski definition) is 15. The summed E-state index contributed by atoms with van der Waals surface area (Å²) in [5, 5.41) is 70.1. The second kappa shape index (κ2) is 26.5. The molecule has 1 aromatic carbocycles. The minimum atomic E-state index is -1.68. The van der Waals surface area contributed by atoms with Crippen molar-refractivity contribution in [2.45, 2.75) is 93.8 Å². The monoisotopic (exact) mass is 797 g/mol. The van der Waals surface area contributed by atoms with Crippen LogP contribution >= 0.6 is 0 Å². The smallest absolute Gasteiger partial charge is 0.303 e. The van der Waals surface area contributed by atoms with Gasteiger partial charge in [-0.3, -0.25) is 33.6 Å². The number of rotatable bonds is 28. The lowest BCUT2D eigenvalue weighted by atomic mass is 10.0. The van der Waals surface area contributed by atoms with Crippen LogP contribution in [0.3, 0.4) is 0 Å². The van der Waals surface area contributed by atoms with Gasteiger partial charge in [-0.05, 0) is 38.2 Å². The molecule has 0 heterocycles. The van der Waals surface area contributed by atoms with Gasteiger partial charge in [-0.15, -0.1) is 0 Å². The maximum absolute atomic E-state index is 13.4. The van der Waals surface area contributed by atoms with Gasteiger partial charge in [-0.1, -0.05) is 35.6 Å². The van der Waals surface area contributed by atoms with Crippen molar-refractivity contribution in [3.05, 3.63) is 35.9 Å². The zero-order valence-corrected chi connectivity index (χ0v) is 31.0. The van der Waals surface area contributed by atoms with Crippen LogP contribution < -0.4 is 49.2 Å². The van der Waals surface area contributed by atoms with Crippen LogP contribution in [0.4, 0.5) is 0 Å². The van der Waals surface area contributed by atoms with Crippen molar-refractivity contribution in [3.63, 3.8) is 0 Å². The Morgan fingerprint density at radius 2 is 1.34 bits per heavy atom. The number of carbonyl (C=O) groups excluding carboxylic acids is 6. The van der Waals surface area contributed by atoms with E-state index in [-0.39, 0.29) is 25.9 Å². The Morgan fingerprint density at radius 3 is 1.89 bits per heavy atom. The summed E-state index contributed by atoms with van der Waals surface area (Å²) in [5.41, 5.74) is 11.7. The molecule has 17 N–H and O–H groups in total. The number of carboxylic acids is 1. The summed E-state index contributed by atoms with van der Waals surface area (Å²) in [4.78, 5) is 88.3. The van der Waals surface area contributed by atoms with Crippen LogP contribution in [0, 0.1) is 0 Å². The maximum atomic E-state index is 13.4. The molecule has 0 saturated heterocycles. The maximum Gasteiger partial charge on any atom is 0.303 e. The van der Waals surface area contributed by atoms with Crippen molar-refractivity contribution in [2.24, 2.45) is 27.6 Å². The van der Waals surface area contributed by atoms with Crippen molar-refractivity contribution in [2.75, 3.05) is 32.9 Å². The Morgan fingerprint density at radius 1 is 0.732 bits per heavy atom. The van der Waals surface area contributed by atoms with E-state index in [0.717, 1.165) is 6.92 Å². The summed E-state index contributed by atoms with van der Waals surface area (Å²) in [5.74, 6) is -1.82. The number of benzene rings is 1. The summed E-state index contributed by atoms with van der Waals surface area (Å²) < 4.78 is 0. The molecule has 1 aromatic rings. The number of aliphatic hydroxyl groups is 4. The van der Waals surface area contributed by atoms with Crippen LogP contribution in [0.1, 0.15) is 44.6 Å². The molecule has 0 bridgehead atoms. The predicted octanol–water partition coefficient (Wildman–Crippen LogP) is -5.86. The minimum Gasteiger partial charge on any atom is -0.481 e. The Labute approximate surface area is 322 Å². The van der Waals surface area contributed by atoms with E-state index < -0.39 is 122 Å². The van der Waals surface area contributed by atoms with Gasteiger partial charge in [0, 0.05) is 19.4 Å². The number of hydrogen-bond donors (Lipinski definition) is 14. The topological polar surface area (TPSA) is 396 Å². The summed E-state index contributed by atoms with van der Waals surface area (Å²) >= 11 is 0. The SMILES string of the molecule is CC(O)[C@H](NC(=O)[C@H](CCC(=O)O)NC(=O)[C@@H](N)CO)C(=O)N[C@@H](CO)CN[C@@H](CCCCN=NN)C(=O)N[C@@H](CO)C(=O)N[C@@H](Cc1ccccc1)C(N)=O. The number of primary amides is 1. The molecule has 8 atom stereocenters. The van der Waals surface area contributed by atoms with E-state index in [1.165, 1.54) is 0 Å². The lowest BCUT2D eigenvalue weighted by molar-refractivity contribution is -0.139. The lowest BCUT2D eigenvalue weighted by Crippen LogP contribution is -2.61. The predicted molar refractivity (Wildman–Crippen MR) is 196 cm³/mol. The zero-order chi connectivity index (χ0) is 42.2. The Balaban J connectivity index is 3.08. The third kappa shape index (κ3) is 18.3. The van der Waals surface area contributed by atoms with E-state index in [1.54, 1.807) is 30.3 Å². The Kier molecular flexibility index (Phi) is 23.0. The highest BCUT2D eigenvalue weighted by atomic mass is 16.4. The highest BCUT2D eigenvalue weighted by molar-refractivity contribution is 5.94. The van der Waals surface area contributed by atoms with Crippen LogP contribution in [0.15, 0.2) is 40.7 Å². The molecule has 0 saturated carbocycles. The number of nitrogens with one attached hydrogen (secondary N) is 6. The second-order valence-corrected chi connectivity index (χ2v) is 12.7. The normalized spacial score (nSPS) is 15.5. The number of aliphatic hydroxyl groups excluding tert-OH is 4. The van der Waals surface area contributed by atoms with Crippen LogP contribution in [-0.4, -0.2) is 148 Å². The van der Waals surface area contributed by atoms with Crippen molar-refractivity contribution in [1.82, 2.24) is 31.9 Å². The highest BCUT2D eigenvalue weighted by Gasteiger charge is 2.33. The van der Waals surface area contributed by atoms with E-state index >= 15 is 0 Å². The average Bonchev–Trinajstić information content (AvgIpc) is 3.16. The molecule has 23 nitrogen and oxygen atoms in total. The van der Waals surface area contributed by atoms with Gasteiger partial charge in [0.05, 0.1) is 44.6 Å². The minimum absolute atomic E-state index is 0.0490. The van der Waals surface area contributed by atoms with E-state index in [1.807, 2.05) is 0 Å². The van der Waals surface area contributed by atoms with E-state index in [0.29, 0.717) is 18.4 Å². The first-order chi connectivity index (χ1) is 26.6. The third-order valence-electron chi connectivity index (χ3n) is 8.21. The molecule has 0 fully saturated rings. The van der Waals surface area contributed by atoms with Gasteiger partial charge in [-0.25, -0.2) is 0 Å². The molecular weight excluding hydrogens is 742 g/mol. The van der Waals surface area contributed by atoms with Crippen LogP contribution in [0.2, 0.25) is 0 Å². The standard InChI is InChI=1S/C33H55N11O12/c1-18(48)27(43-31(54)23(10-11-26(49)50)40-29(52)21(34)16-46)33(56)39-20(15-45)14-37-22(9-5-6-12-38-44-36)30(53)42-25(17-47)32(55)41-24(28(35)51)13-19-7-3-2-4-8-19/h2-4,7-8,18,20-25,27,37,45-48H,5-6,9-17,34H2,1H3,(H2,35,51)(H2,36,38)(H,39,56)(H,40,52)(H,41,55)(H,42,53)(H,43,54)(H,49,50)/t18?,20-,21+,22+,23+,24+,25+,27+/m1/s1. The number of carboxylic acid groups (broad SMARTS) is 1. The van der Waals surface area contributed by atoms with Crippen molar-refractivity contribution in [1.29, 1.82) is 0 Å². The molecular formula is C33H55N11O12. The quantitative estimate of drug-likeness (QED) is 0.0163. The van der Waals surface area contributed by atoms with E-state index in [9.17, 15) is 48.9 Å². The van der Waals surface area contributed by atoms with Crippen molar-refractivity contribution in [3.8, 4) is 0 Å². The van der Waals surface area contributed by atoms with Gasteiger partial charge in [0.2, 0.25) is 35.4 Å². The average molecular weight is 798 g/mol. The molecule has 6 amide bonds. The molecule has 0 radical (unpaired) electrons. The fourth-order valence-electron chi connectivity index (χ4n) is 5.02. The van der Waals surface area contributed by atoms with Gasteiger partial charge in [0.1, 0.15) is 30.2 Å². The third-order valence-corrected chi connectivity index (χ3v) is 8.21. The zero-order valence-electron chi connectivity index (χ0n) is 31.0. The first kappa shape index (κ1) is 48.7. The number of unbranched alkanes of at least 4 members (excludes halogenated alkanes) is 1. The number of nitrogens with two attached hydrogens (primary N) is 3. The van der Waals surface area contributed by atoms with Gasteiger partial charge < -0.3 is 74.7 Å². The van der Waals surface area contributed by atoms with Gasteiger partial charge in [0.25, 0.3) is 0 Å². The van der Waals surface area contributed by atoms with Gasteiger partial charge >= 0.3 is 5.97 Å². The number of aliphatic carboxylic acids is 1. The number of amides is 6. The highest BCUT2D eigenvalue weighted by Crippen LogP contribution is 2.07. The molecule has 56 heavy (non-hydrogen) atoms. The molecule has 0 spiro atoms. The molecule has 23 heteroatoms. The molecule has 0 aromatic heterocycles. The van der Waals surface area contributed by atoms with E-state index in [4.69, 9.17) is 27.5 Å². The number of nitrogens with zero attached hydrogens (tertiary/aromatic N) is 2. The fraction of sp³-hybridized carbons (Fsp3) is 0.606. The number of carbonyl (C=O) groups is 7. The van der Waals surface area contributed by atoms with Crippen LogP contribution in [-0.2, 0) is 40.0 Å². The first-order valence-electron chi connectivity index (χ1n) is 17.7. The molecule has 1 rings (SSSR count). The summed E-state index contributed by atoms with van der Waals surface area (Å²) in [6, 6.07) is -0.867. The van der Waals surface area contributed by atoms with Gasteiger partial charge in [0.15, 0.2) is 0 Å². The summed E-state index contributed by atoms with van der Waals surface area (Å²) in [7, 11) is 0. The Hall–Kier alpha value is -5.33. The first-order valence-corrected chi connectivity index (χ1v) is 17.7. The summed E-state index contributed by atoms with van der Waals surface area (Å²) in [6.07, 6.45) is -1.58. The molecule has 0 aliphatic heterocycles. The molecule has 1 unspecified atom stereocenters. The lowest BCUT2D eigenvalue weighted by Gasteiger charge is -2.28. The fourth-order valence-corrected chi connectivity index (χ4v) is 5.02. The Bertz CT molecular complexity index is 1450. The molecule has 314 valence electrons. The second-order valence-electron chi connectivity index (χ2n) is 12.7. The summed E-state index contributed by atoms with van der Waals surface area (Å²) in [6.45, 7) is -1.22. The van der Waals surface area contributed by atoms with Crippen molar-refractivity contribution < 1.29 is 59.1 Å². The van der Waals surface area contributed by atoms with Gasteiger partial charge in [-0.2, -0.15) is 5.11 Å². The van der Waals surface area contributed by atoms with Crippen LogP contribution in [0.5, 0.6) is 0 Å².